The molecule has 2 fully saturated rings. The summed E-state index contributed by atoms with van der Waals surface area (Å²) in [7, 11) is 0. The summed E-state index contributed by atoms with van der Waals surface area (Å²) < 4.78 is 11.4. The maximum absolute atomic E-state index is 9.33. The molecular formula is C17H22Cl2N4O2. The number of nitrogens with zero attached hydrogens (tertiary/aromatic N) is 3. The average molecular weight is 385 g/mol. The Kier molecular flexibility index (Phi) is 5.59. The number of ether oxygens (including phenoxy) is 1. The van der Waals surface area contributed by atoms with Crippen molar-refractivity contribution in [1.82, 2.24) is 9.88 Å². The molecule has 1 saturated carbocycles. The first kappa shape index (κ1) is 18.5. The van der Waals surface area contributed by atoms with Gasteiger partial charge in [-0.1, -0.05) is 37.0 Å². The van der Waals surface area contributed by atoms with E-state index >= 15 is 0 Å². The van der Waals surface area contributed by atoms with Crippen molar-refractivity contribution in [3.63, 3.8) is 0 Å². The lowest BCUT2D eigenvalue weighted by Crippen LogP contribution is -2.39. The topological polar surface area (TPSA) is 74.3 Å². The van der Waals surface area contributed by atoms with Crippen LogP contribution in [0.25, 0.3) is 0 Å². The lowest BCUT2D eigenvalue weighted by Gasteiger charge is -2.26. The molecule has 3 rings (SSSR count). The third kappa shape index (κ3) is 4.12. The highest BCUT2D eigenvalue weighted by molar-refractivity contribution is 6.55. The van der Waals surface area contributed by atoms with Gasteiger partial charge in [0, 0.05) is 32.1 Å². The zero-order chi connectivity index (χ0) is 18.0. The number of halogens is 2. The molecule has 1 aliphatic heterocycles. The normalized spacial score (nSPS) is 25.2. The van der Waals surface area contributed by atoms with Crippen LogP contribution in [0.15, 0.2) is 15.0 Å². The van der Waals surface area contributed by atoms with Gasteiger partial charge in [-0.25, -0.2) is 4.98 Å². The number of oxazole rings is 1. The van der Waals surface area contributed by atoms with Crippen LogP contribution in [-0.2, 0) is 4.74 Å². The van der Waals surface area contributed by atoms with E-state index in [1.165, 1.54) is 0 Å². The van der Waals surface area contributed by atoms with Gasteiger partial charge in [0.05, 0.1) is 13.2 Å². The first-order valence-electron chi connectivity index (χ1n) is 8.41. The minimum Gasteiger partial charge on any atom is -0.423 e. The van der Waals surface area contributed by atoms with E-state index in [0.29, 0.717) is 24.0 Å². The fourth-order valence-corrected chi connectivity index (χ4v) is 3.69. The van der Waals surface area contributed by atoms with Crippen molar-refractivity contribution < 1.29 is 9.15 Å². The number of allylic oxidation sites excluding steroid dienone is 1. The molecule has 0 amide bonds. The van der Waals surface area contributed by atoms with Gasteiger partial charge in [0.25, 0.3) is 0 Å². The number of anilines is 1. The van der Waals surface area contributed by atoms with Crippen LogP contribution >= 0.6 is 23.2 Å². The van der Waals surface area contributed by atoms with Crippen LogP contribution in [0.1, 0.15) is 31.4 Å². The Labute approximate surface area is 157 Å². The van der Waals surface area contributed by atoms with E-state index in [1.807, 2.05) is 6.08 Å². The van der Waals surface area contributed by atoms with Crippen molar-refractivity contribution in [3.8, 4) is 6.07 Å². The highest BCUT2D eigenvalue weighted by Crippen LogP contribution is 2.65. The summed E-state index contributed by atoms with van der Waals surface area (Å²) in [6.07, 6.45) is 1.82. The Bertz CT molecular complexity index is 685. The monoisotopic (exact) mass is 384 g/mol. The summed E-state index contributed by atoms with van der Waals surface area (Å²) >= 11 is 11.6. The number of hydrogen-bond acceptors (Lipinski definition) is 6. The minimum absolute atomic E-state index is 0.0440. The predicted octanol–water partition coefficient (Wildman–Crippen LogP) is 3.35. The van der Waals surface area contributed by atoms with E-state index in [4.69, 9.17) is 32.4 Å². The van der Waals surface area contributed by atoms with Crippen molar-refractivity contribution >= 4 is 29.1 Å². The Morgan fingerprint density at radius 3 is 2.80 bits per heavy atom. The zero-order valence-corrected chi connectivity index (χ0v) is 15.9. The number of hydrogen-bond donors (Lipinski definition) is 1. The van der Waals surface area contributed by atoms with Crippen molar-refractivity contribution in [3.05, 3.63) is 22.2 Å². The summed E-state index contributed by atoms with van der Waals surface area (Å²) in [6.45, 7) is 9.17. The van der Waals surface area contributed by atoms with Gasteiger partial charge in [0.1, 0.15) is 10.6 Å². The Balaban J connectivity index is 1.64. The van der Waals surface area contributed by atoms with Gasteiger partial charge in [0.15, 0.2) is 0 Å². The van der Waals surface area contributed by atoms with Crippen LogP contribution in [0.5, 0.6) is 0 Å². The van der Waals surface area contributed by atoms with Crippen molar-refractivity contribution in [2.45, 2.75) is 19.8 Å². The van der Waals surface area contributed by atoms with E-state index in [-0.39, 0.29) is 21.7 Å². The van der Waals surface area contributed by atoms with E-state index in [2.05, 4.69) is 35.1 Å². The number of nitrogens with one attached hydrogen (secondary N) is 1. The van der Waals surface area contributed by atoms with Crippen molar-refractivity contribution in [1.29, 1.82) is 5.26 Å². The van der Waals surface area contributed by atoms with E-state index in [0.717, 1.165) is 32.8 Å². The molecule has 0 spiro atoms. The summed E-state index contributed by atoms with van der Waals surface area (Å²) in [5, 5.41) is 12.5. The van der Waals surface area contributed by atoms with Gasteiger partial charge in [-0.3, -0.25) is 4.90 Å². The third-order valence-corrected chi connectivity index (χ3v) is 5.30. The molecule has 1 aromatic heterocycles. The molecule has 1 N–H and O–H groups in total. The molecule has 1 aliphatic carbocycles. The van der Waals surface area contributed by atoms with Crippen LogP contribution in [0, 0.1) is 22.7 Å². The van der Waals surface area contributed by atoms with Gasteiger partial charge in [-0.05, 0) is 17.4 Å². The number of morpholine rings is 1. The maximum Gasteiger partial charge on any atom is 0.232 e. The first-order valence-corrected chi connectivity index (χ1v) is 9.16. The second-order valence-corrected chi connectivity index (χ2v) is 8.01. The molecule has 2 aliphatic rings. The van der Waals surface area contributed by atoms with E-state index in [1.54, 1.807) is 0 Å². The molecule has 6 nitrogen and oxygen atoms in total. The summed E-state index contributed by atoms with van der Waals surface area (Å²) in [5.74, 6) is 1.23. The summed E-state index contributed by atoms with van der Waals surface area (Å²) in [5.41, 5.74) is 0.247. The molecule has 0 radical (unpaired) electrons. The standard InChI is InChI=1S/C17H22Cl2N4O2/c1-17(2)11(9-13(18)19)14(17)16-22-12(10-20)15(25-16)21-3-4-23-5-7-24-8-6-23/h9,11,14,21H,3-8H2,1-2H3/t11-,14-/m0/s1. The van der Waals surface area contributed by atoms with Gasteiger partial charge in [0.2, 0.25) is 17.5 Å². The van der Waals surface area contributed by atoms with Gasteiger partial charge >= 0.3 is 0 Å². The largest absolute Gasteiger partial charge is 0.423 e. The lowest BCUT2D eigenvalue weighted by atomic mass is 10.1. The van der Waals surface area contributed by atoms with Crippen LogP contribution in [-0.4, -0.2) is 49.3 Å². The van der Waals surface area contributed by atoms with Gasteiger partial charge < -0.3 is 14.5 Å². The highest BCUT2D eigenvalue weighted by atomic mass is 35.5. The van der Waals surface area contributed by atoms with Crippen molar-refractivity contribution in [2.24, 2.45) is 11.3 Å². The Hall–Kier alpha value is -1.26. The number of nitriles is 1. The SMILES string of the molecule is CC1(C)[C@H](c2nc(C#N)c(NCCN3CCOCC3)o2)[C@@H]1C=C(Cl)Cl. The molecule has 2 heterocycles. The van der Waals surface area contributed by atoms with Gasteiger partial charge in [-0.15, -0.1) is 0 Å². The Morgan fingerprint density at radius 2 is 2.16 bits per heavy atom. The second kappa shape index (κ2) is 7.55. The third-order valence-electron chi connectivity index (χ3n) is 5.05. The first-order chi connectivity index (χ1) is 11.9. The highest BCUT2D eigenvalue weighted by Gasteiger charge is 2.60. The number of aromatic nitrogens is 1. The number of rotatable bonds is 6. The van der Waals surface area contributed by atoms with Crippen molar-refractivity contribution in [2.75, 3.05) is 44.7 Å². The molecule has 2 atom stereocenters. The predicted molar refractivity (Wildman–Crippen MR) is 96.8 cm³/mol. The summed E-state index contributed by atoms with van der Waals surface area (Å²) in [6, 6.07) is 2.10. The molecule has 25 heavy (non-hydrogen) atoms. The lowest BCUT2D eigenvalue weighted by molar-refractivity contribution is 0.0398. The molecule has 136 valence electrons. The van der Waals surface area contributed by atoms with Gasteiger partial charge in [-0.2, -0.15) is 5.26 Å². The van der Waals surface area contributed by atoms with Crippen LogP contribution in [0.4, 0.5) is 5.88 Å². The molecule has 8 heteroatoms. The minimum atomic E-state index is -0.0440. The van der Waals surface area contributed by atoms with Crippen LogP contribution in [0.2, 0.25) is 0 Å². The maximum atomic E-state index is 9.33. The fraction of sp³-hybridized carbons (Fsp3) is 0.647. The van der Waals surface area contributed by atoms with E-state index in [9.17, 15) is 5.26 Å². The average Bonchev–Trinajstić information content (AvgIpc) is 2.92. The second-order valence-electron chi connectivity index (χ2n) is 7.00. The van der Waals surface area contributed by atoms with Crippen LogP contribution in [0.3, 0.4) is 0 Å². The molecular weight excluding hydrogens is 363 g/mol. The molecule has 0 unspecified atom stereocenters. The molecule has 0 bridgehead atoms. The fourth-order valence-electron chi connectivity index (χ4n) is 3.41. The summed E-state index contributed by atoms with van der Waals surface area (Å²) in [4.78, 5) is 6.68. The molecule has 0 aromatic carbocycles. The zero-order valence-electron chi connectivity index (χ0n) is 14.4. The van der Waals surface area contributed by atoms with E-state index < -0.39 is 0 Å². The Morgan fingerprint density at radius 1 is 1.44 bits per heavy atom. The molecule has 1 aromatic rings. The molecule has 1 saturated heterocycles. The smallest absolute Gasteiger partial charge is 0.232 e. The quantitative estimate of drug-likeness (QED) is 0.810. The van der Waals surface area contributed by atoms with Crippen LogP contribution < -0.4 is 5.32 Å².